The molecule has 16 fully saturated rings. The summed E-state index contributed by atoms with van der Waals surface area (Å²) in [5.41, 5.74) is 19.5. The molecule has 41 unspecified atom stereocenters. The second-order valence-electron chi connectivity index (χ2n) is 50.3. The van der Waals surface area contributed by atoms with E-state index in [1.807, 2.05) is 0 Å². The van der Waals surface area contributed by atoms with Crippen LogP contribution in [0.2, 0.25) is 96.7 Å². The number of allylic oxidation sites excluding steroid dienone is 1. The molecule has 18 aliphatic carbocycles. The monoisotopic (exact) mass is 2750 g/mol. The quantitative estimate of drug-likeness (QED) is 0.0325. The third kappa shape index (κ3) is 33.8. The van der Waals surface area contributed by atoms with Crippen LogP contribution in [0.4, 0.5) is 0 Å². The molecule has 41 atom stereocenters. The molecule has 0 amide bonds. The summed E-state index contributed by atoms with van der Waals surface area (Å²) >= 11 is 3.86. The summed E-state index contributed by atoms with van der Waals surface area (Å²) in [6, 6.07) is 28.5. The van der Waals surface area contributed by atoms with Gasteiger partial charge >= 0.3 is 151 Å². The summed E-state index contributed by atoms with van der Waals surface area (Å²) in [6.07, 6.45) is 80.2. The number of alkyl halides is 2. The molecule has 0 nitrogen and oxygen atoms in total. The molecule has 0 heterocycles. The van der Waals surface area contributed by atoms with E-state index >= 15 is 0 Å². The van der Waals surface area contributed by atoms with Gasteiger partial charge in [0.1, 0.15) is 0 Å². The van der Waals surface area contributed by atoms with E-state index < -0.39 is 150 Å². The average molecular weight is 2760 g/mol. The van der Waals surface area contributed by atoms with Crippen molar-refractivity contribution in [1.29, 1.82) is 0 Å². The second-order valence-corrected chi connectivity index (χ2v) is 114. The first kappa shape index (κ1) is 139. The molecule has 3 aromatic rings. The van der Waals surface area contributed by atoms with Gasteiger partial charge < -0.3 is 59.4 Å². The van der Waals surface area contributed by atoms with E-state index in [2.05, 4.69) is 204 Å². The number of unbranched alkanes of at least 4 members (excludes halogenated alkanes) is 4. The van der Waals surface area contributed by atoms with E-state index in [9.17, 15) is 0 Å². The molecular weight excluding hydrogens is 2550 g/mol. The molecule has 0 N–H and O–H groups in total. The van der Waals surface area contributed by atoms with E-state index in [4.69, 9.17) is 68.1 Å². The maximum atomic E-state index is 4.93. The zero-order chi connectivity index (χ0) is 96.4. The first-order valence-corrected chi connectivity index (χ1v) is 111. The molecule has 22 heteroatoms. The third-order valence-electron chi connectivity index (χ3n) is 45.2. The van der Waals surface area contributed by atoms with E-state index in [0.29, 0.717) is 5.92 Å². The van der Waals surface area contributed by atoms with E-state index in [1.54, 1.807) is 233 Å². The van der Waals surface area contributed by atoms with E-state index in [0.717, 1.165) is 139 Å². The van der Waals surface area contributed by atoms with Crippen LogP contribution in [0, 0.1) is 190 Å². The van der Waals surface area contributed by atoms with Crippen LogP contribution in [-0.4, -0.2) is 75.3 Å². The van der Waals surface area contributed by atoms with Crippen molar-refractivity contribution in [2.75, 3.05) is 0 Å². The van der Waals surface area contributed by atoms with Crippen LogP contribution in [0.1, 0.15) is 370 Å². The molecule has 0 aliphatic heterocycles. The normalized spacial score (nSPS) is 37.3. The van der Waals surface area contributed by atoms with Crippen LogP contribution in [0.25, 0.3) is 17.2 Å². The summed E-state index contributed by atoms with van der Waals surface area (Å²) in [7, 11) is 35.2. The van der Waals surface area contributed by atoms with Crippen LogP contribution in [-0.2, 0) is 83.4 Å². The molecule has 0 radical (unpaired) electrons. The number of hydrogen-bond donors (Lipinski definition) is 0. The van der Waals surface area contributed by atoms with Crippen molar-refractivity contribution in [2.45, 2.75) is 453 Å². The molecule has 0 spiro atoms. The topological polar surface area (TPSA) is 0 Å². The zero-order valence-electron chi connectivity index (χ0n) is 95.1. The molecule has 144 heavy (non-hydrogen) atoms. The number of hydrogen-bond acceptors (Lipinski definition) is 0. The third-order valence-corrected chi connectivity index (χ3v) is 105. The summed E-state index contributed by atoms with van der Waals surface area (Å²) in [5.74, 6) is 25.0. The standard InChI is InChI=1S/C36H52Si2.C32H50Si2.C23H43BrSi2.C23H43ISi2.8CH3.8ClH.4Zr/c1-4-5-11-24-18-19-26(22-24)37(2)38(3)34-21-20-32-33(34)23-25-12-10-17-27(25)35(32)36-30-15-8-6-13-28(30)29-14-7-9-16-31(29)36;1-4-5-9-22-14-16-25(20-22)33(2)34(3)31-19-18-29-30(31)21-24-11-8-13-27(24)32(29)28-17-15-23-10-6-7-12-26(23)28;2*1-4-5-7-16-10-11-18(14-16)25(2)26(3)22-13-12-20-21(22)15-17-8-6-9-19(17)23(20)24;;;;;;;;;;;;;;;;;;;;/h6-9,13-16,24-27,32-38H,4-5,10-12,17-23H2,1-3H3;6-7,10,12,15,17,22,24-25,27-34H,4-5,8-9,11,13-14,16,18-21H2,1-3H3;2*16-23,25-26H,4-15H2,1-3H3;8*1H3;8*1H;;;;/q;;;;8*-1;;;;;;;;;4*+4/p-8. The molecule has 0 saturated heterocycles. The fourth-order valence-corrected chi connectivity index (χ4v) is 91.4. The number of rotatable bonds is 26. The van der Waals surface area contributed by atoms with Crippen molar-refractivity contribution in [3.63, 3.8) is 0 Å². The predicted molar refractivity (Wildman–Crippen MR) is 676 cm³/mol. The molecular formula is C122H212BrCl8ISi8Zr4. The molecule has 0 bridgehead atoms. The van der Waals surface area contributed by atoms with Gasteiger partial charge in [0.25, 0.3) is 0 Å². The fourth-order valence-electron chi connectivity index (χ4n) is 38.1. The molecule has 21 rings (SSSR count). The first-order valence-electron chi connectivity index (χ1n) is 58.2. The minimum atomic E-state index is -0.826. The Kier molecular flexibility index (Phi) is 67.6. The molecule has 16 saturated carbocycles. The van der Waals surface area contributed by atoms with Crippen LogP contribution in [0.15, 0.2) is 78.9 Å². The van der Waals surface area contributed by atoms with Crippen LogP contribution in [0.3, 0.4) is 0 Å². The Labute approximate surface area is 1000 Å². The Morgan fingerprint density at radius 2 is 0.576 bits per heavy atom. The van der Waals surface area contributed by atoms with Crippen molar-refractivity contribution < 1.29 is 83.4 Å². The van der Waals surface area contributed by atoms with Crippen molar-refractivity contribution in [2.24, 2.45) is 130 Å². The second kappa shape index (κ2) is 70.1. The number of halogens is 10. The average Bonchev–Trinajstić information content (AvgIpc) is 1.56. The van der Waals surface area contributed by atoms with Crippen molar-refractivity contribution in [1.82, 2.24) is 0 Å². The fraction of sp³-hybridized carbons (Fsp3) is 0.770. The summed E-state index contributed by atoms with van der Waals surface area (Å²) < 4.78 is 1.05. The SMILES string of the molecule is CCCCC1CCC([SiH](C)[SiH](C)C2CCC3C(Br)C4CCCC4CC32)C1.CCCCC1CCC([SiH](C)[SiH](C)C2CCC3C(I)C4CCCC4CC32)C1.CCCCC1CCC([SiH](C)[SiH](C)C2CCC3C2CC2CCCC2C3C2C=Cc3ccccc32)C1.CCCCC1CCC([SiH](C)[SiH](C)C2CCC3C2CC2CCCC2C3C2c3ccccc3-c3ccccc32)C1.[CH3-].[CH3-].[CH3-].[CH3-].[CH3-].[CH3-].[CH3-].[CH3-].[Cl][Zr+2][Cl].[Cl][Zr+2][Cl].[Cl][Zr+2][Cl].[Cl][Zr+2][Cl]. The zero-order valence-corrected chi connectivity index (χ0v) is 124. The molecule has 3 aromatic carbocycles. The summed E-state index contributed by atoms with van der Waals surface area (Å²) in [4.78, 5) is 0.891. The maximum absolute atomic E-state index is 4.93. The first-order chi connectivity index (χ1) is 66.2. The van der Waals surface area contributed by atoms with Crippen molar-refractivity contribution in [3.05, 3.63) is 161 Å². The van der Waals surface area contributed by atoms with Crippen molar-refractivity contribution >= 4 is 179 Å². The van der Waals surface area contributed by atoms with Gasteiger partial charge in [0.15, 0.2) is 0 Å². The predicted octanol–water partition coefficient (Wildman–Crippen LogP) is 42.0. The van der Waals surface area contributed by atoms with Crippen LogP contribution >= 0.6 is 107 Å². The van der Waals surface area contributed by atoms with Crippen LogP contribution in [0.5, 0.6) is 0 Å². The Morgan fingerprint density at radius 3 is 0.944 bits per heavy atom. The Morgan fingerprint density at radius 1 is 0.292 bits per heavy atom. The van der Waals surface area contributed by atoms with Gasteiger partial charge in [-0.3, -0.25) is 0 Å². The Hall–Kier alpha value is 6.20. The van der Waals surface area contributed by atoms with Gasteiger partial charge in [-0.1, -0.05) is 457 Å². The number of benzene rings is 3. The van der Waals surface area contributed by atoms with Gasteiger partial charge in [-0.2, -0.15) is 0 Å². The Bertz CT molecular complexity index is 3890. The van der Waals surface area contributed by atoms with Gasteiger partial charge in [-0.05, 0) is 263 Å². The molecule has 18 aliphatic rings. The molecule has 0 aromatic heterocycles. The summed E-state index contributed by atoms with van der Waals surface area (Å²) in [5, 5.41) is 0. The minimum absolute atomic E-state index is 0. The van der Waals surface area contributed by atoms with Gasteiger partial charge in [0.2, 0.25) is 0 Å². The van der Waals surface area contributed by atoms with Crippen molar-refractivity contribution in [3.8, 4) is 11.1 Å². The van der Waals surface area contributed by atoms with Gasteiger partial charge in [-0.15, -0.1) is 0 Å². The Balaban J connectivity index is 0.000000281. The van der Waals surface area contributed by atoms with E-state index in [-0.39, 0.29) is 59.4 Å². The van der Waals surface area contributed by atoms with Crippen LogP contribution < -0.4 is 0 Å². The van der Waals surface area contributed by atoms with Gasteiger partial charge in [0.05, 0.1) is 0 Å². The van der Waals surface area contributed by atoms with E-state index in [1.165, 1.54) is 159 Å². The number of fused-ring (bicyclic) bond motifs is 12. The summed E-state index contributed by atoms with van der Waals surface area (Å²) in [6.45, 7) is 32.4. The van der Waals surface area contributed by atoms with Gasteiger partial charge in [0, 0.05) is 87.1 Å². The van der Waals surface area contributed by atoms with Gasteiger partial charge in [-0.25, -0.2) is 0 Å². The molecule has 818 valence electrons.